The molecule has 4 atom stereocenters. The second-order valence-corrected chi connectivity index (χ2v) is 17.8. The van der Waals surface area contributed by atoms with E-state index < -0.39 is 37.8 Å². The van der Waals surface area contributed by atoms with Crippen LogP contribution in [0.15, 0.2) is 72.8 Å². The van der Waals surface area contributed by atoms with Crippen LogP contribution in [-0.4, -0.2) is 56.2 Å². The van der Waals surface area contributed by atoms with E-state index in [-0.39, 0.29) is 23.7 Å². The lowest BCUT2D eigenvalue weighted by molar-refractivity contribution is -0.157. The van der Waals surface area contributed by atoms with Gasteiger partial charge in [-0.3, -0.25) is 4.79 Å². The molecule has 0 spiro atoms. The summed E-state index contributed by atoms with van der Waals surface area (Å²) in [5.41, 5.74) is -0.568. The molecule has 1 fully saturated rings. The standard InChI is InChI=1S/C34H50O6Si/c1-25(40-41(33(5,6)7,26-18-12-10-13-19-26)27-20-14-11-15-21-27)17-16-22-28(35)30-29(38-34(8,9)39-30)23-24-37-31(36)32(2,3)4/h10-16,18-22,25,28-30,35H,17,23-24H2,1-9H3/b22-16-/t25-,28?,29+,30-/m1/s1. The number of esters is 1. The van der Waals surface area contributed by atoms with Crippen LogP contribution in [0.4, 0.5) is 0 Å². The number of carbonyl (C=O) groups is 1. The van der Waals surface area contributed by atoms with E-state index in [0.717, 1.165) is 0 Å². The number of ether oxygens (including phenoxy) is 3. The van der Waals surface area contributed by atoms with Gasteiger partial charge in [0.05, 0.1) is 18.1 Å². The molecule has 0 bridgehead atoms. The Labute approximate surface area is 248 Å². The first-order valence-corrected chi connectivity index (χ1v) is 16.6. The molecule has 2 aromatic carbocycles. The van der Waals surface area contributed by atoms with Crippen LogP contribution in [0, 0.1) is 5.41 Å². The van der Waals surface area contributed by atoms with Crippen molar-refractivity contribution in [2.45, 2.75) is 110 Å². The number of aliphatic hydroxyl groups excluding tert-OH is 1. The second-order valence-electron chi connectivity index (χ2n) is 13.6. The lowest BCUT2D eigenvalue weighted by atomic mass is 9.97. The van der Waals surface area contributed by atoms with Gasteiger partial charge in [0, 0.05) is 12.5 Å². The van der Waals surface area contributed by atoms with Crippen molar-refractivity contribution in [3.63, 3.8) is 0 Å². The molecule has 2 aromatic rings. The number of hydrogen-bond donors (Lipinski definition) is 1. The minimum Gasteiger partial charge on any atom is -0.465 e. The van der Waals surface area contributed by atoms with Gasteiger partial charge >= 0.3 is 5.97 Å². The third-order valence-corrected chi connectivity index (χ3v) is 12.6. The molecule has 1 aliphatic heterocycles. The summed E-state index contributed by atoms with van der Waals surface area (Å²) in [4.78, 5) is 12.2. The van der Waals surface area contributed by atoms with Crippen molar-refractivity contribution in [1.29, 1.82) is 0 Å². The Morgan fingerprint density at radius 1 is 0.976 bits per heavy atom. The maximum absolute atomic E-state index is 12.2. The van der Waals surface area contributed by atoms with E-state index in [0.29, 0.717) is 12.8 Å². The average Bonchev–Trinajstić information content (AvgIpc) is 3.21. The third-order valence-electron chi connectivity index (χ3n) is 7.40. The number of benzene rings is 2. The van der Waals surface area contributed by atoms with Crippen LogP contribution < -0.4 is 10.4 Å². The van der Waals surface area contributed by atoms with Crippen molar-refractivity contribution in [2.24, 2.45) is 5.41 Å². The van der Waals surface area contributed by atoms with E-state index in [1.54, 1.807) is 6.08 Å². The highest BCUT2D eigenvalue weighted by atomic mass is 28.4. The fourth-order valence-electron chi connectivity index (χ4n) is 5.42. The van der Waals surface area contributed by atoms with Crippen LogP contribution in [0.25, 0.3) is 0 Å². The zero-order valence-electron chi connectivity index (χ0n) is 26.3. The van der Waals surface area contributed by atoms with Gasteiger partial charge in [-0.1, -0.05) is 93.6 Å². The number of hydrogen-bond acceptors (Lipinski definition) is 6. The van der Waals surface area contributed by atoms with Gasteiger partial charge in [0.1, 0.15) is 12.2 Å². The van der Waals surface area contributed by atoms with Crippen molar-refractivity contribution in [3.05, 3.63) is 72.8 Å². The summed E-state index contributed by atoms with van der Waals surface area (Å²) in [7, 11) is -2.67. The Morgan fingerprint density at radius 3 is 2.00 bits per heavy atom. The Morgan fingerprint density at radius 2 is 1.51 bits per heavy atom. The molecule has 0 saturated carbocycles. The van der Waals surface area contributed by atoms with Gasteiger partial charge in [-0.25, -0.2) is 0 Å². The predicted molar refractivity (Wildman–Crippen MR) is 167 cm³/mol. The lowest BCUT2D eigenvalue weighted by Gasteiger charge is -2.44. The Kier molecular flexibility index (Phi) is 10.8. The van der Waals surface area contributed by atoms with Crippen LogP contribution in [0.2, 0.25) is 5.04 Å². The maximum atomic E-state index is 12.2. The quantitative estimate of drug-likeness (QED) is 0.206. The lowest BCUT2D eigenvalue weighted by Crippen LogP contribution is -2.67. The van der Waals surface area contributed by atoms with Crippen molar-refractivity contribution < 1.29 is 28.5 Å². The largest absolute Gasteiger partial charge is 0.465 e. The number of aliphatic hydroxyl groups is 1. The molecule has 226 valence electrons. The normalized spacial score (nSPS) is 21.1. The summed E-state index contributed by atoms with van der Waals surface area (Å²) in [6, 6.07) is 21.2. The summed E-state index contributed by atoms with van der Waals surface area (Å²) in [5.74, 6) is -1.10. The van der Waals surface area contributed by atoms with E-state index in [4.69, 9.17) is 18.6 Å². The number of carbonyl (C=O) groups excluding carboxylic acids is 1. The van der Waals surface area contributed by atoms with E-state index in [1.165, 1.54) is 10.4 Å². The molecule has 41 heavy (non-hydrogen) atoms. The molecule has 1 aliphatic rings. The first-order chi connectivity index (χ1) is 19.1. The molecule has 3 rings (SSSR count). The highest BCUT2D eigenvalue weighted by Crippen LogP contribution is 2.38. The zero-order chi connectivity index (χ0) is 30.5. The van der Waals surface area contributed by atoms with Crippen LogP contribution in [-0.2, 0) is 23.4 Å². The van der Waals surface area contributed by atoms with Crippen molar-refractivity contribution >= 4 is 24.7 Å². The smallest absolute Gasteiger partial charge is 0.311 e. The van der Waals surface area contributed by atoms with Gasteiger partial charge in [0.25, 0.3) is 8.32 Å². The molecule has 1 N–H and O–H groups in total. The van der Waals surface area contributed by atoms with E-state index in [2.05, 4.69) is 76.2 Å². The third kappa shape index (κ3) is 8.39. The summed E-state index contributed by atoms with van der Waals surface area (Å²) >= 11 is 0. The molecule has 0 aromatic heterocycles. The van der Waals surface area contributed by atoms with E-state index in [9.17, 15) is 9.90 Å². The summed E-state index contributed by atoms with van der Waals surface area (Å²) in [6.07, 6.45) is 2.88. The Balaban J connectivity index is 1.72. The topological polar surface area (TPSA) is 74.2 Å². The van der Waals surface area contributed by atoms with Gasteiger partial charge in [0.2, 0.25) is 0 Å². The van der Waals surface area contributed by atoms with Gasteiger partial charge < -0.3 is 23.7 Å². The minimum absolute atomic E-state index is 0.0884. The first-order valence-electron chi connectivity index (χ1n) is 14.7. The molecule has 0 radical (unpaired) electrons. The van der Waals surface area contributed by atoms with Gasteiger partial charge in [-0.15, -0.1) is 0 Å². The minimum atomic E-state index is -2.67. The molecule has 1 heterocycles. The maximum Gasteiger partial charge on any atom is 0.311 e. The molecular weight excluding hydrogens is 532 g/mol. The van der Waals surface area contributed by atoms with Crippen LogP contribution in [0.1, 0.15) is 75.2 Å². The van der Waals surface area contributed by atoms with Crippen molar-refractivity contribution in [3.8, 4) is 0 Å². The number of rotatable bonds is 11. The van der Waals surface area contributed by atoms with E-state index >= 15 is 0 Å². The van der Waals surface area contributed by atoms with Gasteiger partial charge in [-0.05, 0) is 63.4 Å². The van der Waals surface area contributed by atoms with Gasteiger partial charge in [0.15, 0.2) is 5.79 Å². The average molecular weight is 583 g/mol. The second kappa shape index (κ2) is 13.3. The Bertz CT molecular complexity index is 1090. The highest BCUT2D eigenvalue weighted by Gasteiger charge is 2.51. The fraction of sp³-hybridized carbons (Fsp3) is 0.559. The van der Waals surface area contributed by atoms with Crippen LogP contribution in [0.5, 0.6) is 0 Å². The zero-order valence-corrected chi connectivity index (χ0v) is 27.3. The van der Waals surface area contributed by atoms with E-state index in [1.807, 2.05) is 52.8 Å². The molecule has 7 heteroatoms. The SMILES string of the molecule is C[C@H](C/C=C\C(O)[C@H]1OC(C)(C)O[C@H]1CCOC(=O)C(C)(C)C)O[Si](c1ccccc1)(c1ccccc1)C(C)(C)C. The monoisotopic (exact) mass is 582 g/mol. The summed E-state index contributed by atoms with van der Waals surface area (Å²) in [5, 5.41) is 13.5. The molecule has 1 saturated heterocycles. The summed E-state index contributed by atoms with van der Waals surface area (Å²) < 4.78 is 24.7. The molecule has 6 nitrogen and oxygen atoms in total. The first kappa shape index (κ1) is 33.2. The van der Waals surface area contributed by atoms with Crippen LogP contribution in [0.3, 0.4) is 0 Å². The van der Waals surface area contributed by atoms with Crippen LogP contribution >= 0.6 is 0 Å². The van der Waals surface area contributed by atoms with Crippen molar-refractivity contribution in [2.75, 3.05) is 6.61 Å². The highest BCUT2D eigenvalue weighted by molar-refractivity contribution is 6.99. The summed E-state index contributed by atoms with van der Waals surface area (Å²) in [6.45, 7) is 18.2. The van der Waals surface area contributed by atoms with Crippen molar-refractivity contribution in [1.82, 2.24) is 0 Å². The Hall–Kier alpha value is -2.29. The molecule has 0 aliphatic carbocycles. The molecule has 1 unspecified atom stereocenters. The molecule has 0 amide bonds. The molecular formula is C34H50O6Si. The van der Waals surface area contributed by atoms with Gasteiger partial charge in [-0.2, -0.15) is 0 Å². The predicted octanol–water partition coefficient (Wildman–Crippen LogP) is 5.76. The fourth-order valence-corrected chi connectivity index (χ4v) is 10.1.